The van der Waals surface area contributed by atoms with Gasteiger partial charge in [-0.25, -0.2) is 0 Å². The summed E-state index contributed by atoms with van der Waals surface area (Å²) in [4.78, 5) is 68.6. The summed E-state index contributed by atoms with van der Waals surface area (Å²) in [5.41, 5.74) is 2.40. The summed E-state index contributed by atoms with van der Waals surface area (Å²) in [6.45, 7) is 8.02. The average Bonchev–Trinajstić information content (AvgIpc) is 3.66. The molecule has 12 nitrogen and oxygen atoms in total. The van der Waals surface area contributed by atoms with Crippen LogP contribution >= 0.6 is 34.5 Å². The Morgan fingerprint density at radius 3 is 2.00 bits per heavy atom. The third-order valence-electron chi connectivity index (χ3n) is 9.13. The smallest absolute Gasteiger partial charge is 0.303 e. The summed E-state index contributed by atoms with van der Waals surface area (Å²) in [7, 11) is 1.80. The minimum Gasteiger partial charge on any atom is -0.462 e. The van der Waals surface area contributed by atoms with Crippen molar-refractivity contribution in [3.63, 3.8) is 0 Å². The van der Waals surface area contributed by atoms with Crippen molar-refractivity contribution in [3.8, 4) is 0 Å². The van der Waals surface area contributed by atoms with E-state index in [9.17, 15) is 24.0 Å². The Morgan fingerprint density at radius 2 is 1.43 bits per heavy atom. The normalized spacial score (nSPS) is 16.3. The molecular weight excluding hydrogens is 757 g/mol. The Bertz CT molecular complexity index is 1720. The Kier molecular flexibility index (Phi) is 16.3. The van der Waals surface area contributed by atoms with E-state index in [0.717, 1.165) is 24.1 Å². The maximum absolute atomic E-state index is 13.3. The number of nitrogens with zero attached hydrogens (tertiary/aromatic N) is 3. The van der Waals surface area contributed by atoms with Crippen LogP contribution in [0.2, 0.25) is 10.0 Å². The summed E-state index contributed by atoms with van der Waals surface area (Å²) < 4.78 is 22.4. The molecule has 1 amide bonds. The molecule has 1 aromatic heterocycles. The quantitative estimate of drug-likeness (QED) is 0.117. The molecule has 0 N–H and O–H groups in total. The second kappa shape index (κ2) is 20.6. The van der Waals surface area contributed by atoms with Crippen LogP contribution in [0.1, 0.15) is 67.6 Å². The second-order valence-electron chi connectivity index (χ2n) is 13.2. The molecule has 54 heavy (non-hydrogen) atoms. The highest BCUT2D eigenvalue weighted by molar-refractivity contribution is 7.08. The summed E-state index contributed by atoms with van der Waals surface area (Å²) >= 11 is 14.2. The molecule has 2 aromatic carbocycles. The van der Waals surface area contributed by atoms with Crippen molar-refractivity contribution in [1.29, 1.82) is 0 Å². The van der Waals surface area contributed by atoms with Crippen molar-refractivity contribution < 1.29 is 42.9 Å². The Morgan fingerprint density at radius 1 is 0.778 bits per heavy atom. The van der Waals surface area contributed by atoms with Gasteiger partial charge >= 0.3 is 23.9 Å². The van der Waals surface area contributed by atoms with Crippen LogP contribution in [0.4, 0.5) is 0 Å². The van der Waals surface area contributed by atoms with Crippen LogP contribution in [-0.4, -0.2) is 116 Å². The van der Waals surface area contributed by atoms with Gasteiger partial charge in [-0.1, -0.05) is 47.5 Å². The van der Waals surface area contributed by atoms with E-state index in [0.29, 0.717) is 48.3 Å². The van der Waals surface area contributed by atoms with Crippen LogP contribution < -0.4 is 0 Å². The van der Waals surface area contributed by atoms with E-state index >= 15 is 0 Å². The fourth-order valence-corrected chi connectivity index (χ4v) is 7.65. The predicted molar refractivity (Wildman–Crippen MR) is 206 cm³/mol. The first-order valence-electron chi connectivity index (χ1n) is 17.6. The number of piperazine rings is 1. The molecule has 1 saturated heterocycles. The number of amides is 1. The van der Waals surface area contributed by atoms with Gasteiger partial charge in [-0.15, -0.1) is 0 Å². The largest absolute Gasteiger partial charge is 0.462 e. The minimum absolute atomic E-state index is 0.0396. The first kappa shape index (κ1) is 42.7. The third kappa shape index (κ3) is 12.5. The van der Waals surface area contributed by atoms with Gasteiger partial charge < -0.3 is 28.7 Å². The van der Waals surface area contributed by atoms with E-state index in [-0.39, 0.29) is 11.8 Å². The lowest BCUT2D eigenvalue weighted by molar-refractivity contribution is -0.196. The number of thiophene rings is 1. The van der Waals surface area contributed by atoms with Gasteiger partial charge in [-0.2, -0.15) is 11.3 Å². The molecule has 3 aromatic rings. The highest BCUT2D eigenvalue weighted by Crippen LogP contribution is 2.35. The fraction of sp³-hybridized carbons (Fsp3) is 0.462. The molecule has 292 valence electrons. The monoisotopic (exact) mass is 803 g/mol. The number of hydrogen-bond acceptors (Lipinski definition) is 12. The van der Waals surface area contributed by atoms with Crippen LogP contribution in [-0.2, 0) is 38.1 Å². The molecular formula is C39H47Cl2N3O9S. The molecule has 1 aliphatic rings. The van der Waals surface area contributed by atoms with E-state index < -0.39 is 54.8 Å². The SMILES string of the molecule is CC(=O)OCC(OC(C)=O)C(OC(C)=O)C(OC(C)=O)C(c1ccsc1)N1CCN(CCC(CN(C)C(=O)c2ccccc2)c2ccc(Cl)c(Cl)c2)CC1. The van der Waals surface area contributed by atoms with Crippen LogP contribution in [0.3, 0.4) is 0 Å². The lowest BCUT2D eigenvalue weighted by atomic mass is 9.93. The maximum atomic E-state index is 13.3. The van der Waals surface area contributed by atoms with E-state index in [1.54, 1.807) is 30.1 Å². The van der Waals surface area contributed by atoms with Gasteiger partial charge in [0.25, 0.3) is 5.91 Å². The topological polar surface area (TPSA) is 132 Å². The van der Waals surface area contributed by atoms with Crippen molar-refractivity contribution in [1.82, 2.24) is 14.7 Å². The zero-order valence-corrected chi connectivity index (χ0v) is 33.4. The van der Waals surface area contributed by atoms with Crippen molar-refractivity contribution in [3.05, 3.63) is 92.1 Å². The van der Waals surface area contributed by atoms with E-state index in [4.69, 9.17) is 42.1 Å². The molecule has 15 heteroatoms. The van der Waals surface area contributed by atoms with Crippen molar-refractivity contribution in [2.45, 2.75) is 64.4 Å². The van der Waals surface area contributed by atoms with Crippen LogP contribution in [0.25, 0.3) is 0 Å². The molecule has 0 radical (unpaired) electrons. The number of ether oxygens (including phenoxy) is 4. The van der Waals surface area contributed by atoms with Gasteiger partial charge in [0.2, 0.25) is 0 Å². The van der Waals surface area contributed by atoms with E-state index in [1.807, 2.05) is 47.2 Å². The van der Waals surface area contributed by atoms with Crippen LogP contribution in [0.15, 0.2) is 65.4 Å². The van der Waals surface area contributed by atoms with Gasteiger partial charge in [0.1, 0.15) is 6.61 Å². The number of halogens is 2. The standard InChI is InChI=1S/C39H47Cl2N3O9S/c1-25(45)50-23-35(51-26(2)46)37(52-27(3)47)38(53-28(4)48)36(32-14-20-54-24-32)44-18-16-43(17-19-44)15-13-31(30-11-12-33(40)34(41)21-30)22-42(5)39(49)29-9-7-6-8-10-29/h6-12,14,20-21,24,31,35-38H,13,15-19,22-23H2,1-5H3. The maximum Gasteiger partial charge on any atom is 0.303 e. The number of carbonyl (C=O) groups excluding carboxylic acids is 5. The fourth-order valence-electron chi connectivity index (χ4n) is 6.66. The first-order chi connectivity index (χ1) is 25.7. The van der Waals surface area contributed by atoms with Crippen molar-refractivity contribution in [2.24, 2.45) is 0 Å². The molecule has 5 atom stereocenters. The van der Waals surface area contributed by atoms with Gasteiger partial charge in [-0.3, -0.25) is 28.9 Å². The lowest BCUT2D eigenvalue weighted by Gasteiger charge is -2.44. The van der Waals surface area contributed by atoms with Gasteiger partial charge in [-0.05, 0) is 65.2 Å². The molecule has 2 heterocycles. The molecule has 1 fully saturated rings. The molecule has 1 aliphatic heterocycles. The summed E-state index contributed by atoms with van der Waals surface area (Å²) in [5.74, 6) is -2.76. The number of carbonyl (C=O) groups is 5. The van der Waals surface area contributed by atoms with Gasteiger partial charge in [0.05, 0.1) is 16.1 Å². The van der Waals surface area contributed by atoms with Crippen molar-refractivity contribution in [2.75, 3.05) is 52.9 Å². The second-order valence-corrected chi connectivity index (χ2v) is 14.8. The zero-order valence-electron chi connectivity index (χ0n) is 31.1. The highest BCUT2D eigenvalue weighted by Gasteiger charge is 2.45. The Hall–Kier alpha value is -4.01. The number of esters is 4. The summed E-state index contributed by atoms with van der Waals surface area (Å²) in [6.07, 6.45) is -2.97. The van der Waals surface area contributed by atoms with Gasteiger partial charge in [0, 0.05) is 78.9 Å². The van der Waals surface area contributed by atoms with Crippen LogP contribution in [0.5, 0.6) is 0 Å². The highest BCUT2D eigenvalue weighted by atomic mass is 35.5. The average molecular weight is 805 g/mol. The molecule has 5 unspecified atom stereocenters. The Balaban J connectivity index is 1.55. The molecule has 0 aliphatic carbocycles. The van der Waals surface area contributed by atoms with Crippen LogP contribution in [0, 0.1) is 0 Å². The third-order valence-corrected chi connectivity index (χ3v) is 10.6. The first-order valence-corrected chi connectivity index (χ1v) is 19.3. The lowest BCUT2D eigenvalue weighted by Crippen LogP contribution is -2.56. The molecule has 4 rings (SSSR count). The number of benzene rings is 2. The number of hydrogen-bond donors (Lipinski definition) is 0. The van der Waals surface area contributed by atoms with E-state index in [2.05, 4.69) is 9.80 Å². The molecule has 0 spiro atoms. The molecule has 0 saturated carbocycles. The Labute approximate surface area is 330 Å². The zero-order chi connectivity index (χ0) is 39.4. The number of rotatable bonds is 17. The predicted octanol–water partition coefficient (Wildman–Crippen LogP) is 6.02. The summed E-state index contributed by atoms with van der Waals surface area (Å²) in [5, 5.41) is 4.73. The minimum atomic E-state index is -1.31. The van der Waals surface area contributed by atoms with E-state index in [1.165, 1.54) is 39.0 Å². The summed E-state index contributed by atoms with van der Waals surface area (Å²) in [6, 6.07) is 16.0. The number of likely N-dealkylation sites (N-methyl/N-ethyl adjacent to an activating group) is 1. The van der Waals surface area contributed by atoms with Crippen molar-refractivity contribution >= 4 is 64.3 Å². The van der Waals surface area contributed by atoms with Gasteiger partial charge in [0.15, 0.2) is 18.3 Å². The molecule has 0 bridgehead atoms.